The fraction of sp³-hybridized carbons (Fsp3) is 0.200. The molecule has 0 aliphatic heterocycles. The maximum absolute atomic E-state index is 12.8. The molecule has 1 aromatic carbocycles. The number of amides is 1. The van der Waals surface area contributed by atoms with Gasteiger partial charge in [-0.15, -0.1) is 22.7 Å². The van der Waals surface area contributed by atoms with Crippen molar-refractivity contribution in [2.24, 2.45) is 0 Å². The lowest BCUT2D eigenvalue weighted by atomic mass is 10.2. The molecule has 0 fully saturated rings. The summed E-state index contributed by atoms with van der Waals surface area (Å²) in [6, 6.07) is 8.86. The number of carbonyl (C=O) groups is 1. The fourth-order valence-corrected chi connectivity index (χ4v) is 4.63. The maximum Gasteiger partial charge on any atom is 0.349 e. The number of aromatic nitrogens is 3. The standard InChI is InChI=1S/C20H18N4O4S2/c1-11-21-18-17(15-5-4-8-29-15)23-20(26)24(19(18)30-11)10-16(25)22-13-7-6-12(27-2)9-14(13)28-3/h4-9H,10H2,1-3H3,(H,22,25). The predicted octanol–water partition coefficient (Wildman–Crippen LogP) is 3.55. The van der Waals surface area contributed by atoms with E-state index in [9.17, 15) is 9.59 Å². The third kappa shape index (κ3) is 3.79. The van der Waals surface area contributed by atoms with E-state index < -0.39 is 5.69 Å². The summed E-state index contributed by atoms with van der Waals surface area (Å²) < 4.78 is 11.8. The number of anilines is 1. The minimum absolute atomic E-state index is 0.191. The molecule has 4 aromatic rings. The van der Waals surface area contributed by atoms with Crippen LogP contribution in [0.4, 0.5) is 5.69 Å². The zero-order valence-corrected chi connectivity index (χ0v) is 18.1. The largest absolute Gasteiger partial charge is 0.497 e. The number of carbonyl (C=O) groups excluding carboxylic acids is 1. The maximum atomic E-state index is 12.8. The average molecular weight is 443 g/mol. The Morgan fingerprint density at radius 1 is 1.20 bits per heavy atom. The number of methoxy groups -OCH3 is 2. The van der Waals surface area contributed by atoms with Gasteiger partial charge in [0.1, 0.15) is 34.1 Å². The molecule has 1 amide bonds. The Morgan fingerprint density at radius 3 is 2.73 bits per heavy atom. The predicted molar refractivity (Wildman–Crippen MR) is 118 cm³/mol. The van der Waals surface area contributed by atoms with Crippen molar-refractivity contribution < 1.29 is 14.3 Å². The van der Waals surface area contributed by atoms with E-state index in [4.69, 9.17) is 9.47 Å². The van der Waals surface area contributed by atoms with Gasteiger partial charge in [0.05, 0.1) is 29.8 Å². The Bertz CT molecular complexity index is 1280. The van der Waals surface area contributed by atoms with Crippen molar-refractivity contribution >= 4 is 44.6 Å². The number of thiophene rings is 1. The second kappa shape index (κ2) is 8.25. The van der Waals surface area contributed by atoms with Crippen LogP contribution in [0, 0.1) is 6.92 Å². The van der Waals surface area contributed by atoms with Gasteiger partial charge in [-0.2, -0.15) is 4.98 Å². The molecular formula is C20H18N4O4S2. The van der Waals surface area contributed by atoms with Crippen molar-refractivity contribution in [3.8, 4) is 22.1 Å². The van der Waals surface area contributed by atoms with Crippen LogP contribution in [-0.2, 0) is 11.3 Å². The van der Waals surface area contributed by atoms with E-state index >= 15 is 0 Å². The number of ether oxygens (including phenoxy) is 2. The van der Waals surface area contributed by atoms with Crippen LogP contribution in [0.25, 0.3) is 20.9 Å². The molecule has 0 saturated carbocycles. The monoisotopic (exact) mass is 442 g/mol. The summed E-state index contributed by atoms with van der Waals surface area (Å²) in [6.07, 6.45) is 0. The number of nitrogens with zero attached hydrogens (tertiary/aromatic N) is 3. The van der Waals surface area contributed by atoms with Crippen LogP contribution < -0.4 is 20.5 Å². The van der Waals surface area contributed by atoms with Crippen molar-refractivity contribution in [3.05, 3.63) is 51.2 Å². The number of hydrogen-bond donors (Lipinski definition) is 1. The zero-order valence-electron chi connectivity index (χ0n) is 16.5. The Hall–Kier alpha value is -3.24. The van der Waals surface area contributed by atoms with Crippen LogP contribution in [0.3, 0.4) is 0 Å². The van der Waals surface area contributed by atoms with Crippen molar-refractivity contribution in [3.63, 3.8) is 0 Å². The van der Waals surface area contributed by atoms with Crippen LogP contribution in [-0.4, -0.2) is 34.7 Å². The molecule has 4 rings (SSSR count). The van der Waals surface area contributed by atoms with Gasteiger partial charge in [-0.3, -0.25) is 9.36 Å². The second-order valence-corrected chi connectivity index (χ2v) is 8.44. The molecule has 0 atom stereocenters. The van der Waals surface area contributed by atoms with Gasteiger partial charge < -0.3 is 14.8 Å². The second-order valence-electron chi connectivity index (χ2n) is 6.31. The molecule has 0 saturated heterocycles. The van der Waals surface area contributed by atoms with E-state index in [2.05, 4.69) is 15.3 Å². The van der Waals surface area contributed by atoms with Gasteiger partial charge in [-0.05, 0) is 30.5 Å². The lowest BCUT2D eigenvalue weighted by Crippen LogP contribution is -2.29. The first-order chi connectivity index (χ1) is 14.5. The topological polar surface area (TPSA) is 95.3 Å². The summed E-state index contributed by atoms with van der Waals surface area (Å²) in [5.74, 6) is 0.690. The molecule has 3 heterocycles. The molecule has 154 valence electrons. The van der Waals surface area contributed by atoms with Gasteiger partial charge in [0.25, 0.3) is 0 Å². The smallest absolute Gasteiger partial charge is 0.349 e. The summed E-state index contributed by atoms with van der Waals surface area (Å²) in [4.78, 5) is 35.7. The molecular weight excluding hydrogens is 424 g/mol. The van der Waals surface area contributed by atoms with Crippen molar-refractivity contribution in [2.45, 2.75) is 13.5 Å². The molecule has 0 radical (unpaired) electrons. The van der Waals surface area contributed by atoms with Gasteiger partial charge in [0.15, 0.2) is 0 Å². The number of nitrogens with one attached hydrogen (secondary N) is 1. The van der Waals surface area contributed by atoms with Crippen LogP contribution in [0.2, 0.25) is 0 Å². The van der Waals surface area contributed by atoms with Gasteiger partial charge >= 0.3 is 5.69 Å². The average Bonchev–Trinajstić information content (AvgIpc) is 3.40. The van der Waals surface area contributed by atoms with E-state index in [-0.39, 0.29) is 12.5 Å². The summed E-state index contributed by atoms with van der Waals surface area (Å²) in [5.41, 5.74) is 1.15. The number of fused-ring (bicyclic) bond motifs is 1. The van der Waals surface area contributed by atoms with E-state index in [1.165, 1.54) is 34.4 Å². The van der Waals surface area contributed by atoms with E-state index in [1.54, 1.807) is 25.3 Å². The third-order valence-electron chi connectivity index (χ3n) is 4.36. The SMILES string of the molecule is COc1ccc(NC(=O)Cn2c(=O)nc(-c3cccs3)c3nc(C)sc32)c(OC)c1. The summed E-state index contributed by atoms with van der Waals surface area (Å²) in [7, 11) is 3.06. The Balaban J connectivity index is 1.68. The van der Waals surface area contributed by atoms with E-state index in [0.29, 0.717) is 33.2 Å². The third-order valence-corrected chi connectivity index (χ3v) is 6.23. The molecule has 0 bridgehead atoms. The van der Waals surface area contributed by atoms with Crippen LogP contribution in [0.5, 0.6) is 11.5 Å². The summed E-state index contributed by atoms with van der Waals surface area (Å²) in [6.45, 7) is 1.67. The van der Waals surface area contributed by atoms with Gasteiger partial charge in [0.2, 0.25) is 5.91 Å². The highest BCUT2D eigenvalue weighted by Gasteiger charge is 2.19. The van der Waals surface area contributed by atoms with Gasteiger partial charge in [-0.1, -0.05) is 6.07 Å². The first kappa shape index (κ1) is 20.0. The van der Waals surface area contributed by atoms with Crippen molar-refractivity contribution in [1.82, 2.24) is 14.5 Å². The molecule has 30 heavy (non-hydrogen) atoms. The molecule has 0 aliphatic carbocycles. The minimum Gasteiger partial charge on any atom is -0.497 e. The highest BCUT2D eigenvalue weighted by molar-refractivity contribution is 7.18. The molecule has 3 aromatic heterocycles. The zero-order chi connectivity index (χ0) is 21.3. The number of thiazole rings is 1. The summed E-state index contributed by atoms with van der Waals surface area (Å²) >= 11 is 2.85. The summed E-state index contributed by atoms with van der Waals surface area (Å²) in [5, 5.41) is 5.49. The molecule has 0 unspecified atom stereocenters. The fourth-order valence-electron chi connectivity index (χ4n) is 3.01. The Kier molecular flexibility index (Phi) is 5.51. The minimum atomic E-state index is -0.494. The molecule has 0 spiro atoms. The number of benzene rings is 1. The number of rotatable bonds is 6. The lowest BCUT2D eigenvalue weighted by Gasteiger charge is -2.12. The van der Waals surface area contributed by atoms with Crippen LogP contribution in [0.15, 0.2) is 40.5 Å². The van der Waals surface area contributed by atoms with Crippen LogP contribution >= 0.6 is 22.7 Å². The van der Waals surface area contributed by atoms with Crippen molar-refractivity contribution in [1.29, 1.82) is 0 Å². The first-order valence-corrected chi connectivity index (χ1v) is 10.6. The Labute approximate surface area is 179 Å². The lowest BCUT2D eigenvalue weighted by molar-refractivity contribution is -0.116. The van der Waals surface area contributed by atoms with Crippen molar-refractivity contribution in [2.75, 3.05) is 19.5 Å². The van der Waals surface area contributed by atoms with Gasteiger partial charge in [-0.25, -0.2) is 9.78 Å². The van der Waals surface area contributed by atoms with Crippen LogP contribution in [0.1, 0.15) is 5.01 Å². The molecule has 0 aliphatic rings. The quantitative estimate of drug-likeness (QED) is 0.491. The van der Waals surface area contributed by atoms with Gasteiger partial charge in [0, 0.05) is 6.07 Å². The normalized spacial score (nSPS) is 10.9. The molecule has 1 N–H and O–H groups in total. The highest BCUT2D eigenvalue weighted by Crippen LogP contribution is 2.32. The number of hydrogen-bond acceptors (Lipinski definition) is 8. The molecule has 10 heteroatoms. The Morgan fingerprint density at radius 2 is 2.03 bits per heavy atom. The van der Waals surface area contributed by atoms with E-state index in [0.717, 1.165) is 9.88 Å². The molecule has 8 nitrogen and oxygen atoms in total. The highest BCUT2D eigenvalue weighted by atomic mass is 32.1. The number of aryl methyl sites for hydroxylation is 1. The first-order valence-electron chi connectivity index (χ1n) is 8.94. The van der Waals surface area contributed by atoms with E-state index in [1.807, 2.05) is 24.4 Å².